The molecule has 0 aliphatic rings. The van der Waals surface area contributed by atoms with E-state index in [9.17, 15) is 15.4 Å². The number of carbonyl (C=O) groups excluding carboxylic acids is 1. The summed E-state index contributed by atoms with van der Waals surface area (Å²) in [6.07, 6.45) is 1.36. The van der Waals surface area contributed by atoms with Crippen LogP contribution in [0.3, 0.4) is 0 Å². The second kappa shape index (κ2) is 16.3. The molecule has 0 aliphatic carbocycles. The highest BCUT2D eigenvalue weighted by atomic mass is 16.5. The zero-order valence-corrected chi connectivity index (χ0v) is 23.3. The fourth-order valence-corrected chi connectivity index (χ4v) is 4.30. The van der Waals surface area contributed by atoms with Crippen molar-refractivity contribution in [3.05, 3.63) is 34.2 Å². The Morgan fingerprint density at radius 2 is 1.78 bits per heavy atom. The Hall–Kier alpha value is -2.48. The molecule has 0 spiro atoms. The van der Waals surface area contributed by atoms with Crippen LogP contribution in [-0.4, -0.2) is 69.6 Å². The minimum absolute atomic E-state index is 0.0274. The Morgan fingerprint density at radius 3 is 2.31 bits per heavy atom. The van der Waals surface area contributed by atoms with Crippen molar-refractivity contribution < 1.29 is 24.1 Å². The Bertz CT molecular complexity index is 839. The fraction of sp³-hybridized carbons (Fsp3) is 0.741. The van der Waals surface area contributed by atoms with E-state index in [0.29, 0.717) is 31.1 Å². The molecular weight excluding hydrogens is 460 g/mol. The zero-order valence-electron chi connectivity index (χ0n) is 23.3. The van der Waals surface area contributed by atoms with Gasteiger partial charge in [0, 0.05) is 45.1 Å². The Morgan fingerprint density at radius 1 is 1.08 bits per heavy atom. The third-order valence-corrected chi connectivity index (χ3v) is 6.67. The lowest BCUT2D eigenvalue weighted by Crippen LogP contribution is -2.38. The van der Waals surface area contributed by atoms with Crippen molar-refractivity contribution in [1.29, 1.82) is 0 Å². The van der Waals surface area contributed by atoms with Crippen molar-refractivity contribution in [1.82, 2.24) is 4.90 Å². The highest BCUT2D eigenvalue weighted by Crippen LogP contribution is 2.32. The number of hydrogen-bond donors (Lipinski definition) is 1. The molecule has 0 fully saturated rings. The summed E-state index contributed by atoms with van der Waals surface area (Å²) in [5.74, 6) is 1.47. The molecule has 1 rings (SSSR count). The summed E-state index contributed by atoms with van der Waals surface area (Å²) in [7, 11) is 6.71. The average molecular weight is 507 g/mol. The molecule has 9 heteroatoms. The maximum Gasteiger partial charge on any atom is 0.225 e. The number of methoxy groups -OCH3 is 2. The van der Waals surface area contributed by atoms with E-state index < -0.39 is 12.1 Å². The molecule has 0 radical (unpaired) electrons. The summed E-state index contributed by atoms with van der Waals surface area (Å²) in [5.41, 5.74) is 10.3. The standard InChI is InChI=1S/C27H46N4O5/c1-18(2)21(14-20-10-11-25(35-8)26(15-20)36-13-9-12-34-7)16-23(29-30-28)24(32)17-22(19(3)4)27(33)31(5)6/h10-11,15,18-19,21-24,32H,9,12-14,16-17H2,1-8H3. The first kappa shape index (κ1) is 31.5. The number of rotatable bonds is 17. The highest BCUT2D eigenvalue weighted by Gasteiger charge is 2.31. The fourth-order valence-electron chi connectivity index (χ4n) is 4.30. The van der Waals surface area contributed by atoms with Gasteiger partial charge in [0.15, 0.2) is 11.5 Å². The predicted octanol–water partition coefficient (Wildman–Crippen LogP) is 5.11. The van der Waals surface area contributed by atoms with E-state index in [1.807, 2.05) is 32.0 Å². The van der Waals surface area contributed by atoms with Gasteiger partial charge in [-0.25, -0.2) is 0 Å². The molecule has 4 atom stereocenters. The first-order valence-corrected chi connectivity index (χ1v) is 12.8. The number of hydrogen-bond acceptors (Lipinski definition) is 6. The molecule has 0 heterocycles. The van der Waals surface area contributed by atoms with Gasteiger partial charge in [-0.1, -0.05) is 38.9 Å². The van der Waals surface area contributed by atoms with E-state index in [1.165, 1.54) is 0 Å². The van der Waals surface area contributed by atoms with Gasteiger partial charge in [-0.3, -0.25) is 4.79 Å². The summed E-state index contributed by atoms with van der Waals surface area (Å²) in [5, 5.41) is 15.0. The van der Waals surface area contributed by atoms with Crippen LogP contribution in [0, 0.1) is 23.7 Å². The lowest BCUT2D eigenvalue weighted by molar-refractivity contribution is -0.135. The minimum atomic E-state index is -0.908. The van der Waals surface area contributed by atoms with Crippen molar-refractivity contribution in [2.24, 2.45) is 28.8 Å². The molecule has 0 saturated carbocycles. The first-order chi connectivity index (χ1) is 17.0. The van der Waals surface area contributed by atoms with Crippen LogP contribution < -0.4 is 9.47 Å². The third kappa shape index (κ3) is 10.2. The first-order valence-electron chi connectivity index (χ1n) is 12.8. The van der Waals surface area contributed by atoms with Crippen molar-refractivity contribution in [3.8, 4) is 11.5 Å². The van der Waals surface area contributed by atoms with Gasteiger partial charge in [0.05, 0.1) is 25.9 Å². The summed E-state index contributed by atoms with van der Waals surface area (Å²) in [4.78, 5) is 17.2. The van der Waals surface area contributed by atoms with Crippen LogP contribution in [0.1, 0.15) is 52.5 Å². The number of benzene rings is 1. The van der Waals surface area contributed by atoms with Crippen molar-refractivity contribution in [3.63, 3.8) is 0 Å². The Labute approximate surface area is 216 Å². The Kier molecular flexibility index (Phi) is 14.3. The molecule has 9 nitrogen and oxygen atoms in total. The van der Waals surface area contributed by atoms with Crippen LogP contribution in [0.5, 0.6) is 11.5 Å². The zero-order chi connectivity index (χ0) is 27.3. The largest absolute Gasteiger partial charge is 0.493 e. The normalized spacial score (nSPS) is 14.6. The molecule has 36 heavy (non-hydrogen) atoms. The predicted molar refractivity (Wildman–Crippen MR) is 142 cm³/mol. The van der Waals surface area contributed by atoms with Crippen LogP contribution in [0.4, 0.5) is 0 Å². The van der Waals surface area contributed by atoms with E-state index in [-0.39, 0.29) is 36.0 Å². The summed E-state index contributed by atoms with van der Waals surface area (Å²) in [6.45, 7) is 9.34. The number of ether oxygens (including phenoxy) is 3. The number of azide groups is 1. The van der Waals surface area contributed by atoms with E-state index in [4.69, 9.17) is 14.2 Å². The molecule has 0 aliphatic heterocycles. The van der Waals surface area contributed by atoms with Crippen molar-refractivity contribution in [2.75, 3.05) is 41.5 Å². The number of carbonyl (C=O) groups is 1. The van der Waals surface area contributed by atoms with E-state index in [2.05, 4.69) is 23.9 Å². The van der Waals surface area contributed by atoms with Crippen LogP contribution in [-0.2, 0) is 16.0 Å². The van der Waals surface area contributed by atoms with Crippen LogP contribution in [0.2, 0.25) is 0 Å². The number of aliphatic hydroxyl groups is 1. The van der Waals surface area contributed by atoms with Crippen molar-refractivity contribution in [2.45, 2.75) is 65.5 Å². The molecule has 1 N–H and O–H groups in total. The van der Waals surface area contributed by atoms with Gasteiger partial charge in [-0.2, -0.15) is 0 Å². The maximum atomic E-state index is 12.7. The van der Waals surface area contributed by atoms with Gasteiger partial charge < -0.3 is 24.2 Å². The second-order valence-corrected chi connectivity index (χ2v) is 10.3. The lowest BCUT2D eigenvalue weighted by Gasteiger charge is -2.30. The van der Waals surface area contributed by atoms with Gasteiger partial charge in [0.1, 0.15) is 0 Å². The molecule has 0 bridgehead atoms. The Balaban J connectivity index is 3.05. The minimum Gasteiger partial charge on any atom is -0.493 e. The van der Waals surface area contributed by atoms with E-state index in [0.717, 1.165) is 18.4 Å². The second-order valence-electron chi connectivity index (χ2n) is 10.3. The topological polar surface area (TPSA) is 117 Å². The van der Waals surface area contributed by atoms with Crippen molar-refractivity contribution >= 4 is 5.91 Å². The lowest BCUT2D eigenvalue weighted by atomic mass is 9.80. The SMILES string of the molecule is COCCCOc1cc(CC(CC(N=[N+]=[N-])C(O)CC(C(=O)N(C)C)C(C)C)C(C)C)ccc1OC. The highest BCUT2D eigenvalue weighted by molar-refractivity contribution is 5.78. The van der Waals surface area contributed by atoms with Gasteiger partial charge in [-0.15, -0.1) is 0 Å². The molecule has 204 valence electrons. The quantitative estimate of drug-likeness (QED) is 0.136. The summed E-state index contributed by atoms with van der Waals surface area (Å²) < 4.78 is 16.5. The van der Waals surface area contributed by atoms with Gasteiger partial charge in [0.2, 0.25) is 5.91 Å². The van der Waals surface area contributed by atoms with Crippen LogP contribution >= 0.6 is 0 Å². The number of nitrogens with zero attached hydrogens (tertiary/aromatic N) is 4. The van der Waals surface area contributed by atoms with Crippen LogP contribution in [0.15, 0.2) is 23.3 Å². The molecule has 1 amide bonds. The van der Waals surface area contributed by atoms with Crippen LogP contribution in [0.25, 0.3) is 10.4 Å². The number of aliphatic hydroxyl groups excluding tert-OH is 1. The third-order valence-electron chi connectivity index (χ3n) is 6.67. The maximum absolute atomic E-state index is 12.7. The molecular formula is C27H46N4O5. The molecule has 4 unspecified atom stereocenters. The molecule has 1 aromatic rings. The number of amides is 1. The van der Waals surface area contributed by atoms with Gasteiger partial charge in [-0.05, 0) is 60.2 Å². The summed E-state index contributed by atoms with van der Waals surface area (Å²) in [6, 6.07) is 5.28. The monoisotopic (exact) mass is 506 g/mol. The van der Waals surface area contributed by atoms with Gasteiger partial charge in [0.25, 0.3) is 0 Å². The average Bonchev–Trinajstić information content (AvgIpc) is 2.83. The molecule has 0 saturated heterocycles. The summed E-state index contributed by atoms with van der Waals surface area (Å²) >= 11 is 0. The van der Waals surface area contributed by atoms with Gasteiger partial charge >= 0.3 is 0 Å². The molecule has 0 aromatic heterocycles. The van der Waals surface area contributed by atoms with E-state index >= 15 is 0 Å². The smallest absolute Gasteiger partial charge is 0.225 e. The van der Waals surface area contributed by atoms with E-state index in [1.54, 1.807) is 33.2 Å². The molecule has 1 aromatic carbocycles.